The van der Waals surface area contributed by atoms with Crippen LogP contribution in [0, 0.1) is 0 Å². The topological polar surface area (TPSA) is 71.2 Å². The number of nitrogens with one attached hydrogen (secondary N) is 2. The van der Waals surface area contributed by atoms with Crippen LogP contribution in [0.1, 0.15) is 0 Å². The Bertz CT molecular complexity index is 921. The Morgan fingerprint density at radius 1 is 1.13 bits per heavy atom. The maximum Gasteiger partial charge on any atom is 0.262 e. The molecule has 0 atom stereocenters. The zero-order valence-corrected chi connectivity index (χ0v) is 12.8. The number of hydrogen-bond donors (Lipinski definition) is 2. The molecule has 0 unspecified atom stereocenters. The number of ether oxygens (including phenoxy) is 1. The summed E-state index contributed by atoms with van der Waals surface area (Å²) in [6.07, 6.45) is 1.55. The summed E-state index contributed by atoms with van der Waals surface area (Å²) >= 11 is 5.87. The summed E-state index contributed by atoms with van der Waals surface area (Å²) in [5.41, 5.74) is 0.400. The van der Waals surface area contributed by atoms with Crippen LogP contribution < -0.4 is 15.6 Å². The summed E-state index contributed by atoms with van der Waals surface area (Å²) in [4.78, 5) is 26.3. The molecule has 3 rings (SSSR count). The number of fused-ring (bicyclic) bond motifs is 1. The van der Waals surface area contributed by atoms with Crippen LogP contribution in [-0.2, 0) is 4.79 Å². The number of carbonyl (C=O) groups excluding carboxylic acids is 1. The van der Waals surface area contributed by atoms with E-state index in [4.69, 9.17) is 16.3 Å². The normalized spacial score (nSPS) is 10.5. The van der Waals surface area contributed by atoms with E-state index < -0.39 is 0 Å². The van der Waals surface area contributed by atoms with Crippen molar-refractivity contribution in [1.29, 1.82) is 0 Å². The Kier molecular flexibility index (Phi) is 4.30. The van der Waals surface area contributed by atoms with E-state index in [2.05, 4.69) is 10.3 Å². The Hall–Kier alpha value is -2.79. The highest BCUT2D eigenvalue weighted by Crippen LogP contribution is 2.22. The maximum absolute atomic E-state index is 12.0. The molecular weight excluding hydrogens is 316 g/mol. The van der Waals surface area contributed by atoms with Gasteiger partial charge in [-0.1, -0.05) is 23.7 Å². The van der Waals surface area contributed by atoms with Gasteiger partial charge in [0.2, 0.25) is 0 Å². The lowest BCUT2D eigenvalue weighted by Gasteiger charge is -2.09. The van der Waals surface area contributed by atoms with Crippen LogP contribution in [0.4, 0.5) is 5.69 Å². The largest absolute Gasteiger partial charge is 0.483 e. The molecule has 0 aliphatic rings. The number of aromatic nitrogens is 1. The molecular formula is C17H13ClN2O3. The Morgan fingerprint density at radius 3 is 2.78 bits per heavy atom. The van der Waals surface area contributed by atoms with Crippen LogP contribution in [-0.4, -0.2) is 17.5 Å². The number of pyridine rings is 1. The minimum Gasteiger partial charge on any atom is -0.483 e. The van der Waals surface area contributed by atoms with Gasteiger partial charge in [0.25, 0.3) is 11.5 Å². The first-order valence-corrected chi connectivity index (χ1v) is 7.30. The SMILES string of the molecule is O=C(COc1cccc2c(=O)[nH]ccc12)Nc1cccc(Cl)c1. The third-order valence-electron chi connectivity index (χ3n) is 3.24. The highest BCUT2D eigenvalue weighted by atomic mass is 35.5. The van der Waals surface area contributed by atoms with Gasteiger partial charge in [0.1, 0.15) is 5.75 Å². The molecule has 0 bridgehead atoms. The number of amides is 1. The number of carbonyl (C=O) groups is 1. The minimum absolute atomic E-state index is 0.168. The zero-order chi connectivity index (χ0) is 16.2. The van der Waals surface area contributed by atoms with Gasteiger partial charge in [0, 0.05) is 22.3 Å². The molecule has 23 heavy (non-hydrogen) atoms. The quantitative estimate of drug-likeness (QED) is 0.772. The van der Waals surface area contributed by atoms with Gasteiger partial charge >= 0.3 is 0 Å². The third kappa shape index (κ3) is 3.52. The average Bonchev–Trinajstić information content (AvgIpc) is 2.53. The molecule has 1 amide bonds. The fourth-order valence-electron chi connectivity index (χ4n) is 2.22. The van der Waals surface area contributed by atoms with Crippen molar-refractivity contribution in [3.63, 3.8) is 0 Å². The molecule has 0 spiro atoms. The molecule has 3 aromatic rings. The van der Waals surface area contributed by atoms with Crippen LogP contribution in [0.15, 0.2) is 59.5 Å². The predicted molar refractivity (Wildman–Crippen MR) is 90.1 cm³/mol. The molecule has 0 radical (unpaired) electrons. The van der Waals surface area contributed by atoms with E-state index in [0.29, 0.717) is 27.2 Å². The Morgan fingerprint density at radius 2 is 1.96 bits per heavy atom. The molecule has 2 aromatic carbocycles. The minimum atomic E-state index is -0.311. The van der Waals surface area contributed by atoms with Crippen molar-refractivity contribution >= 4 is 34.0 Å². The Labute approximate surface area is 136 Å². The van der Waals surface area contributed by atoms with Gasteiger partial charge in [-0.05, 0) is 36.4 Å². The first-order valence-electron chi connectivity index (χ1n) is 6.92. The van der Waals surface area contributed by atoms with E-state index in [1.54, 1.807) is 54.7 Å². The average molecular weight is 329 g/mol. The molecule has 0 aliphatic heterocycles. The van der Waals surface area contributed by atoms with Crippen molar-refractivity contribution in [2.75, 3.05) is 11.9 Å². The van der Waals surface area contributed by atoms with E-state index in [-0.39, 0.29) is 18.1 Å². The molecule has 0 aliphatic carbocycles. The van der Waals surface area contributed by atoms with Crippen molar-refractivity contribution in [2.45, 2.75) is 0 Å². The first kappa shape index (κ1) is 15.1. The predicted octanol–water partition coefficient (Wildman–Crippen LogP) is 3.20. The Balaban J connectivity index is 1.72. The summed E-state index contributed by atoms with van der Waals surface area (Å²) in [6.45, 7) is -0.168. The summed E-state index contributed by atoms with van der Waals surface area (Å²) < 4.78 is 5.54. The lowest BCUT2D eigenvalue weighted by Crippen LogP contribution is -2.20. The van der Waals surface area contributed by atoms with Crippen LogP contribution in [0.25, 0.3) is 10.8 Å². The van der Waals surface area contributed by atoms with E-state index in [9.17, 15) is 9.59 Å². The second-order valence-corrected chi connectivity index (χ2v) is 5.31. The van der Waals surface area contributed by atoms with Gasteiger partial charge < -0.3 is 15.0 Å². The molecule has 1 aromatic heterocycles. The first-order chi connectivity index (χ1) is 11.1. The van der Waals surface area contributed by atoms with Crippen molar-refractivity contribution in [3.8, 4) is 5.75 Å². The van der Waals surface area contributed by atoms with E-state index >= 15 is 0 Å². The molecule has 0 saturated heterocycles. The second-order valence-electron chi connectivity index (χ2n) is 4.87. The summed E-state index contributed by atoms with van der Waals surface area (Å²) in [7, 11) is 0. The van der Waals surface area contributed by atoms with Crippen LogP contribution in [0.5, 0.6) is 5.75 Å². The number of benzene rings is 2. The lowest BCUT2D eigenvalue weighted by molar-refractivity contribution is -0.118. The highest BCUT2D eigenvalue weighted by Gasteiger charge is 2.08. The monoisotopic (exact) mass is 328 g/mol. The molecule has 0 saturated carbocycles. The smallest absolute Gasteiger partial charge is 0.262 e. The molecule has 0 fully saturated rings. The fourth-order valence-corrected chi connectivity index (χ4v) is 2.42. The van der Waals surface area contributed by atoms with Gasteiger partial charge in [0.15, 0.2) is 6.61 Å². The van der Waals surface area contributed by atoms with Gasteiger partial charge in [-0.3, -0.25) is 9.59 Å². The van der Waals surface area contributed by atoms with Crippen LogP contribution in [0.3, 0.4) is 0 Å². The molecule has 6 heteroatoms. The van der Waals surface area contributed by atoms with Crippen molar-refractivity contribution < 1.29 is 9.53 Å². The highest BCUT2D eigenvalue weighted by molar-refractivity contribution is 6.30. The van der Waals surface area contributed by atoms with Crippen LogP contribution in [0.2, 0.25) is 5.02 Å². The number of H-pyrrole nitrogens is 1. The van der Waals surface area contributed by atoms with E-state index in [0.717, 1.165) is 0 Å². The van der Waals surface area contributed by atoms with Gasteiger partial charge in [-0.25, -0.2) is 0 Å². The van der Waals surface area contributed by atoms with Gasteiger partial charge in [-0.2, -0.15) is 0 Å². The van der Waals surface area contributed by atoms with E-state index in [1.165, 1.54) is 0 Å². The zero-order valence-electron chi connectivity index (χ0n) is 12.0. The summed E-state index contributed by atoms with van der Waals surface area (Å²) in [5.74, 6) is 0.170. The van der Waals surface area contributed by atoms with Crippen molar-refractivity contribution in [3.05, 3.63) is 70.1 Å². The number of hydrogen-bond acceptors (Lipinski definition) is 3. The number of aromatic amines is 1. The van der Waals surface area contributed by atoms with Crippen LogP contribution >= 0.6 is 11.6 Å². The van der Waals surface area contributed by atoms with Gasteiger partial charge in [0.05, 0.1) is 5.39 Å². The third-order valence-corrected chi connectivity index (χ3v) is 3.48. The lowest BCUT2D eigenvalue weighted by atomic mass is 10.1. The molecule has 1 heterocycles. The maximum atomic E-state index is 12.0. The van der Waals surface area contributed by atoms with E-state index in [1.807, 2.05) is 0 Å². The standard InChI is InChI=1S/C17H13ClN2O3/c18-11-3-1-4-12(9-11)20-16(21)10-23-15-6-2-5-14-13(15)7-8-19-17(14)22/h1-9H,10H2,(H,19,22)(H,20,21). The number of halogens is 1. The molecule has 5 nitrogen and oxygen atoms in total. The number of anilines is 1. The number of rotatable bonds is 4. The molecule has 2 N–H and O–H groups in total. The molecule has 116 valence electrons. The van der Waals surface area contributed by atoms with Gasteiger partial charge in [-0.15, -0.1) is 0 Å². The summed E-state index contributed by atoms with van der Waals surface area (Å²) in [5, 5.41) is 4.41. The van der Waals surface area contributed by atoms with Crippen molar-refractivity contribution in [2.24, 2.45) is 0 Å². The summed E-state index contributed by atoms with van der Waals surface area (Å²) in [6, 6.07) is 13.7. The van der Waals surface area contributed by atoms with Crippen molar-refractivity contribution in [1.82, 2.24) is 4.98 Å². The fraction of sp³-hybridized carbons (Fsp3) is 0.0588. The second kappa shape index (κ2) is 6.54.